The number of aliphatic hydroxyl groups excluding tert-OH is 1. The predicted molar refractivity (Wildman–Crippen MR) is 82.9 cm³/mol. The highest BCUT2D eigenvalue weighted by molar-refractivity contribution is 14.1. The number of pyridine rings is 1. The van der Waals surface area contributed by atoms with Crippen molar-refractivity contribution in [2.45, 2.75) is 6.18 Å². The zero-order valence-corrected chi connectivity index (χ0v) is 13.5. The fourth-order valence-corrected chi connectivity index (χ4v) is 2.30. The van der Waals surface area contributed by atoms with Gasteiger partial charge in [-0.1, -0.05) is 0 Å². The van der Waals surface area contributed by atoms with Crippen LogP contribution in [0.25, 0.3) is 10.9 Å². The molecule has 1 heterocycles. The Balaban J connectivity index is 2.30. The lowest BCUT2D eigenvalue weighted by Gasteiger charge is -2.13. The minimum absolute atomic E-state index is 0.0852. The second kappa shape index (κ2) is 7.42. The molecule has 8 heteroatoms. The highest BCUT2D eigenvalue weighted by Gasteiger charge is 2.33. The maximum atomic E-state index is 12.9. The van der Waals surface area contributed by atoms with E-state index in [1.54, 1.807) is 12.1 Å². The van der Waals surface area contributed by atoms with Crippen LogP contribution in [0.5, 0.6) is 5.75 Å². The molecule has 0 saturated heterocycles. The number of aliphatic hydroxyl groups is 1. The van der Waals surface area contributed by atoms with Gasteiger partial charge >= 0.3 is 6.18 Å². The Morgan fingerprint density at radius 2 is 1.91 bits per heavy atom. The van der Waals surface area contributed by atoms with E-state index in [1.807, 2.05) is 0 Å². The standard InChI is InChI=1S/C14H13F3INO3/c15-14(16,17)13-8-12(22-6-5-21-4-3-20)10-7-9(18)1-2-11(10)19-13/h1-2,7-8,20H,3-6H2. The third-order valence-corrected chi connectivity index (χ3v) is 3.42. The average Bonchev–Trinajstić information content (AvgIpc) is 2.46. The second-order valence-electron chi connectivity index (χ2n) is 4.35. The summed E-state index contributed by atoms with van der Waals surface area (Å²) in [7, 11) is 0. The summed E-state index contributed by atoms with van der Waals surface area (Å²) < 4.78 is 50.0. The number of hydrogen-bond acceptors (Lipinski definition) is 4. The number of aromatic nitrogens is 1. The van der Waals surface area contributed by atoms with Crippen molar-refractivity contribution in [2.75, 3.05) is 26.4 Å². The van der Waals surface area contributed by atoms with Crippen LogP contribution in [-0.4, -0.2) is 36.5 Å². The number of fused-ring (bicyclic) bond motifs is 1. The molecule has 0 spiro atoms. The van der Waals surface area contributed by atoms with Crippen molar-refractivity contribution in [2.24, 2.45) is 0 Å². The summed E-state index contributed by atoms with van der Waals surface area (Å²) in [4.78, 5) is 3.63. The summed E-state index contributed by atoms with van der Waals surface area (Å²) in [5.74, 6) is 0.114. The second-order valence-corrected chi connectivity index (χ2v) is 5.59. The molecule has 2 aromatic rings. The molecule has 1 N–H and O–H groups in total. The van der Waals surface area contributed by atoms with E-state index in [4.69, 9.17) is 14.6 Å². The van der Waals surface area contributed by atoms with Gasteiger partial charge in [0.05, 0.1) is 25.3 Å². The summed E-state index contributed by atoms with van der Waals surface area (Å²) in [6.07, 6.45) is -4.54. The van der Waals surface area contributed by atoms with Gasteiger partial charge in [-0.05, 0) is 40.8 Å². The smallest absolute Gasteiger partial charge is 0.433 e. The van der Waals surface area contributed by atoms with E-state index in [2.05, 4.69) is 27.6 Å². The van der Waals surface area contributed by atoms with Crippen molar-refractivity contribution in [1.29, 1.82) is 0 Å². The van der Waals surface area contributed by atoms with Gasteiger partial charge in [-0.2, -0.15) is 13.2 Å². The molecule has 0 saturated carbocycles. The molecule has 0 unspecified atom stereocenters. The first kappa shape index (κ1) is 17.2. The monoisotopic (exact) mass is 427 g/mol. The van der Waals surface area contributed by atoms with Crippen LogP contribution in [0.15, 0.2) is 24.3 Å². The molecule has 0 fully saturated rings. The molecule has 4 nitrogen and oxygen atoms in total. The zero-order valence-electron chi connectivity index (χ0n) is 11.4. The third-order valence-electron chi connectivity index (χ3n) is 2.74. The summed E-state index contributed by atoms with van der Waals surface area (Å²) in [5, 5.41) is 9.10. The summed E-state index contributed by atoms with van der Waals surface area (Å²) >= 11 is 2.07. The lowest BCUT2D eigenvalue weighted by atomic mass is 10.2. The van der Waals surface area contributed by atoms with E-state index < -0.39 is 11.9 Å². The Labute approximate surface area is 138 Å². The molecular formula is C14H13F3INO3. The lowest BCUT2D eigenvalue weighted by molar-refractivity contribution is -0.141. The summed E-state index contributed by atoms with van der Waals surface area (Å²) in [5.41, 5.74) is -0.769. The van der Waals surface area contributed by atoms with Gasteiger partial charge in [0.15, 0.2) is 0 Å². The first-order valence-electron chi connectivity index (χ1n) is 6.40. The number of alkyl halides is 3. The van der Waals surface area contributed by atoms with Crippen molar-refractivity contribution >= 4 is 33.5 Å². The normalized spacial score (nSPS) is 11.9. The quantitative estimate of drug-likeness (QED) is 0.569. The minimum atomic E-state index is -4.54. The van der Waals surface area contributed by atoms with Gasteiger partial charge in [0.25, 0.3) is 0 Å². The van der Waals surface area contributed by atoms with E-state index >= 15 is 0 Å². The van der Waals surface area contributed by atoms with Crippen LogP contribution in [0, 0.1) is 3.57 Å². The molecule has 1 aromatic heterocycles. The van der Waals surface area contributed by atoms with Gasteiger partial charge < -0.3 is 14.6 Å². The number of hydrogen-bond donors (Lipinski definition) is 1. The topological polar surface area (TPSA) is 51.6 Å². The molecule has 0 aliphatic rings. The molecular weight excluding hydrogens is 414 g/mol. The number of halogens is 4. The van der Waals surface area contributed by atoms with E-state index in [0.29, 0.717) is 5.39 Å². The minimum Gasteiger partial charge on any atom is -0.490 e. The Morgan fingerprint density at radius 1 is 1.14 bits per heavy atom. The van der Waals surface area contributed by atoms with Gasteiger partial charge in [-0.25, -0.2) is 4.98 Å². The fraction of sp³-hybridized carbons (Fsp3) is 0.357. The van der Waals surface area contributed by atoms with E-state index in [9.17, 15) is 13.2 Å². The largest absolute Gasteiger partial charge is 0.490 e. The molecule has 120 valence electrons. The number of rotatable bonds is 6. The Kier molecular flexibility index (Phi) is 5.81. The number of benzene rings is 1. The SMILES string of the molecule is OCCOCCOc1cc(C(F)(F)F)nc2ccc(I)cc12. The highest BCUT2D eigenvalue weighted by atomic mass is 127. The molecule has 0 aliphatic carbocycles. The van der Waals surface area contributed by atoms with E-state index in [0.717, 1.165) is 9.64 Å². The van der Waals surface area contributed by atoms with Crippen LogP contribution < -0.4 is 4.74 Å². The molecule has 1 aromatic carbocycles. The molecule has 2 rings (SSSR count). The van der Waals surface area contributed by atoms with E-state index in [1.165, 1.54) is 6.07 Å². The maximum absolute atomic E-state index is 12.9. The van der Waals surface area contributed by atoms with Gasteiger partial charge in [0.2, 0.25) is 0 Å². The zero-order chi connectivity index (χ0) is 16.2. The first-order chi connectivity index (χ1) is 10.4. The van der Waals surface area contributed by atoms with Crippen LogP contribution in [-0.2, 0) is 10.9 Å². The molecule has 0 amide bonds. The molecule has 0 aliphatic heterocycles. The highest BCUT2D eigenvalue weighted by Crippen LogP contribution is 2.34. The van der Waals surface area contributed by atoms with Crippen LogP contribution in [0.2, 0.25) is 0 Å². The molecule has 0 radical (unpaired) electrons. The van der Waals surface area contributed by atoms with Gasteiger partial charge in [0, 0.05) is 15.0 Å². The first-order valence-corrected chi connectivity index (χ1v) is 7.48. The van der Waals surface area contributed by atoms with Gasteiger partial charge in [-0.15, -0.1) is 0 Å². The Bertz CT molecular complexity index is 649. The number of ether oxygens (including phenoxy) is 2. The van der Waals surface area contributed by atoms with Crippen LogP contribution in [0.3, 0.4) is 0 Å². The summed E-state index contributed by atoms with van der Waals surface area (Å²) in [6.45, 7) is 0.304. The van der Waals surface area contributed by atoms with Crippen molar-refractivity contribution in [3.8, 4) is 5.75 Å². The van der Waals surface area contributed by atoms with Crippen molar-refractivity contribution in [3.05, 3.63) is 33.5 Å². The fourth-order valence-electron chi connectivity index (χ4n) is 1.81. The molecule has 0 bridgehead atoms. The van der Waals surface area contributed by atoms with Crippen LogP contribution in [0.1, 0.15) is 5.69 Å². The molecule has 0 atom stereocenters. The molecule has 22 heavy (non-hydrogen) atoms. The Hall–Kier alpha value is -1.13. The predicted octanol–water partition coefficient (Wildman–Crippen LogP) is 3.25. The third kappa shape index (κ3) is 4.43. The number of nitrogens with zero attached hydrogens (tertiary/aromatic N) is 1. The van der Waals surface area contributed by atoms with E-state index in [-0.39, 0.29) is 37.7 Å². The summed E-state index contributed by atoms with van der Waals surface area (Å²) in [6, 6.07) is 5.82. The van der Waals surface area contributed by atoms with Gasteiger partial charge in [-0.3, -0.25) is 0 Å². The van der Waals surface area contributed by atoms with Gasteiger partial charge in [0.1, 0.15) is 18.1 Å². The Morgan fingerprint density at radius 3 is 2.59 bits per heavy atom. The van der Waals surface area contributed by atoms with Crippen LogP contribution in [0.4, 0.5) is 13.2 Å². The van der Waals surface area contributed by atoms with Crippen molar-refractivity contribution in [1.82, 2.24) is 4.98 Å². The lowest BCUT2D eigenvalue weighted by Crippen LogP contribution is -2.12. The average molecular weight is 427 g/mol. The van der Waals surface area contributed by atoms with Crippen LogP contribution >= 0.6 is 22.6 Å². The maximum Gasteiger partial charge on any atom is 0.433 e. The van der Waals surface area contributed by atoms with Crippen molar-refractivity contribution < 1.29 is 27.8 Å². The van der Waals surface area contributed by atoms with Crippen molar-refractivity contribution in [3.63, 3.8) is 0 Å².